The van der Waals surface area contributed by atoms with Crippen molar-refractivity contribution in [3.63, 3.8) is 0 Å². The average Bonchev–Trinajstić information content (AvgIpc) is 2.98. The first-order valence-electron chi connectivity index (χ1n) is 5.49. The number of aryl methyl sites for hydroxylation is 1. The minimum atomic E-state index is 0.938. The topological polar surface area (TPSA) is 28.7 Å². The number of thiophene rings is 1. The molecule has 1 N–H and O–H groups in total. The van der Waals surface area contributed by atoms with Crippen LogP contribution in [0, 0.1) is 6.92 Å². The summed E-state index contributed by atoms with van der Waals surface area (Å²) in [6.45, 7) is 2.11. The zero-order chi connectivity index (χ0) is 11.7. The quantitative estimate of drug-likeness (QED) is 0.717. The minimum absolute atomic E-state index is 0.938. The highest BCUT2D eigenvalue weighted by Gasteiger charge is 2.06. The van der Waals surface area contributed by atoms with Crippen LogP contribution in [0.3, 0.4) is 0 Å². The zero-order valence-electron chi connectivity index (χ0n) is 9.47. The van der Waals surface area contributed by atoms with Crippen molar-refractivity contribution in [2.45, 2.75) is 6.92 Å². The molecule has 3 aromatic rings. The number of hydrogen-bond donors (Lipinski definition) is 1. The molecular formula is C14H12N2S. The molecule has 0 bridgehead atoms. The maximum atomic E-state index is 4.43. The second-order valence-electron chi connectivity index (χ2n) is 3.96. The summed E-state index contributed by atoms with van der Waals surface area (Å²) >= 11 is 1.74. The molecule has 2 aromatic heterocycles. The number of aromatic nitrogens is 2. The molecule has 0 saturated heterocycles. The summed E-state index contributed by atoms with van der Waals surface area (Å²) in [7, 11) is 0. The number of rotatable bonds is 2. The number of aromatic amines is 1. The molecule has 3 heteroatoms. The first-order chi connectivity index (χ1) is 8.33. The van der Waals surface area contributed by atoms with Gasteiger partial charge in [-0.3, -0.25) is 0 Å². The maximum Gasteiger partial charge on any atom is 0.138 e. The first-order valence-corrected chi connectivity index (χ1v) is 6.37. The van der Waals surface area contributed by atoms with Gasteiger partial charge in [0.25, 0.3) is 0 Å². The summed E-state index contributed by atoms with van der Waals surface area (Å²) in [5.41, 5.74) is 3.39. The Morgan fingerprint density at radius 1 is 1.12 bits per heavy atom. The molecule has 0 aliphatic heterocycles. The molecule has 2 heterocycles. The molecule has 0 amide bonds. The summed E-state index contributed by atoms with van der Waals surface area (Å²) in [6, 6.07) is 12.4. The van der Waals surface area contributed by atoms with Crippen LogP contribution in [0.4, 0.5) is 0 Å². The van der Waals surface area contributed by atoms with Gasteiger partial charge in [-0.2, -0.15) is 0 Å². The monoisotopic (exact) mass is 240 g/mol. The van der Waals surface area contributed by atoms with E-state index in [0.717, 1.165) is 17.1 Å². The van der Waals surface area contributed by atoms with Gasteiger partial charge in [0.15, 0.2) is 0 Å². The van der Waals surface area contributed by atoms with Gasteiger partial charge in [-0.05, 0) is 18.6 Å². The Kier molecular flexibility index (Phi) is 2.53. The van der Waals surface area contributed by atoms with Gasteiger partial charge in [-0.1, -0.05) is 30.3 Å². The molecule has 1 aromatic carbocycles. The van der Waals surface area contributed by atoms with Crippen LogP contribution in [0.5, 0.6) is 0 Å². The Balaban J connectivity index is 1.99. The number of nitrogens with one attached hydrogen (secondary N) is 1. The molecule has 0 saturated carbocycles. The fourth-order valence-corrected chi connectivity index (χ4v) is 2.49. The summed E-state index contributed by atoms with van der Waals surface area (Å²) in [5, 5.41) is 2.13. The smallest absolute Gasteiger partial charge is 0.138 e. The van der Waals surface area contributed by atoms with Crippen molar-refractivity contribution in [1.82, 2.24) is 9.97 Å². The van der Waals surface area contributed by atoms with Crippen molar-refractivity contribution in [3.05, 3.63) is 52.9 Å². The van der Waals surface area contributed by atoms with Gasteiger partial charge in [-0.15, -0.1) is 11.3 Å². The predicted molar refractivity (Wildman–Crippen MR) is 72.1 cm³/mol. The van der Waals surface area contributed by atoms with Crippen molar-refractivity contribution in [2.75, 3.05) is 0 Å². The Morgan fingerprint density at radius 3 is 2.65 bits per heavy atom. The lowest BCUT2D eigenvalue weighted by molar-refractivity contribution is 1.32. The van der Waals surface area contributed by atoms with E-state index in [4.69, 9.17) is 0 Å². The SMILES string of the molecule is Cc1cc(-c2ncc(-c3ccccc3)[nH]2)cs1. The van der Waals surface area contributed by atoms with Gasteiger partial charge in [0.05, 0.1) is 11.9 Å². The van der Waals surface area contributed by atoms with Crippen LogP contribution in [0.1, 0.15) is 4.88 Å². The zero-order valence-corrected chi connectivity index (χ0v) is 10.3. The van der Waals surface area contributed by atoms with E-state index < -0.39 is 0 Å². The van der Waals surface area contributed by atoms with Crippen LogP contribution < -0.4 is 0 Å². The van der Waals surface area contributed by atoms with Crippen LogP contribution >= 0.6 is 11.3 Å². The first kappa shape index (κ1) is 10.3. The van der Waals surface area contributed by atoms with Gasteiger partial charge in [0.1, 0.15) is 5.82 Å². The van der Waals surface area contributed by atoms with E-state index in [2.05, 4.69) is 40.5 Å². The summed E-state index contributed by atoms with van der Waals surface area (Å²) in [6.07, 6.45) is 1.89. The van der Waals surface area contributed by atoms with Crippen molar-refractivity contribution in [3.8, 4) is 22.6 Å². The Morgan fingerprint density at radius 2 is 1.94 bits per heavy atom. The lowest BCUT2D eigenvalue weighted by Gasteiger charge is -1.95. The third kappa shape index (κ3) is 2.01. The van der Waals surface area contributed by atoms with Crippen LogP contribution in [-0.2, 0) is 0 Å². The standard InChI is InChI=1S/C14H12N2S/c1-10-7-12(9-17-10)14-15-8-13(16-14)11-5-3-2-4-6-11/h2-9H,1H3,(H,15,16). The molecule has 17 heavy (non-hydrogen) atoms. The number of H-pyrrole nitrogens is 1. The van der Waals surface area contributed by atoms with Gasteiger partial charge in [0, 0.05) is 15.8 Å². The van der Waals surface area contributed by atoms with Crippen molar-refractivity contribution >= 4 is 11.3 Å². The summed E-state index contributed by atoms with van der Waals surface area (Å²) < 4.78 is 0. The van der Waals surface area contributed by atoms with E-state index in [9.17, 15) is 0 Å². The van der Waals surface area contributed by atoms with Crippen LogP contribution in [0.2, 0.25) is 0 Å². The van der Waals surface area contributed by atoms with Crippen LogP contribution in [0.15, 0.2) is 48.0 Å². The van der Waals surface area contributed by atoms with E-state index in [1.807, 2.05) is 24.4 Å². The van der Waals surface area contributed by atoms with E-state index in [1.165, 1.54) is 10.4 Å². The molecule has 3 rings (SSSR count). The third-order valence-electron chi connectivity index (χ3n) is 2.66. The Hall–Kier alpha value is -1.87. The fraction of sp³-hybridized carbons (Fsp3) is 0.0714. The third-order valence-corrected chi connectivity index (χ3v) is 3.53. The van der Waals surface area contributed by atoms with E-state index in [0.29, 0.717) is 0 Å². The fourth-order valence-electron chi connectivity index (χ4n) is 1.80. The van der Waals surface area contributed by atoms with E-state index >= 15 is 0 Å². The number of nitrogens with zero attached hydrogens (tertiary/aromatic N) is 1. The number of benzene rings is 1. The van der Waals surface area contributed by atoms with Crippen molar-refractivity contribution in [2.24, 2.45) is 0 Å². The molecule has 0 unspecified atom stereocenters. The number of imidazole rings is 1. The maximum absolute atomic E-state index is 4.43. The molecule has 0 aliphatic carbocycles. The normalized spacial score (nSPS) is 10.6. The van der Waals surface area contributed by atoms with Crippen molar-refractivity contribution < 1.29 is 0 Å². The van der Waals surface area contributed by atoms with E-state index in [1.54, 1.807) is 11.3 Å². The predicted octanol–water partition coefficient (Wildman–Crippen LogP) is 4.11. The lowest BCUT2D eigenvalue weighted by Crippen LogP contribution is -1.78. The van der Waals surface area contributed by atoms with Gasteiger partial charge in [-0.25, -0.2) is 4.98 Å². The molecule has 84 valence electrons. The van der Waals surface area contributed by atoms with Gasteiger partial charge >= 0.3 is 0 Å². The van der Waals surface area contributed by atoms with Gasteiger partial charge in [0.2, 0.25) is 0 Å². The molecule has 0 aliphatic rings. The van der Waals surface area contributed by atoms with Crippen molar-refractivity contribution in [1.29, 1.82) is 0 Å². The Bertz CT molecular complexity index is 622. The Labute approximate surface area is 104 Å². The molecule has 0 spiro atoms. The highest BCUT2D eigenvalue weighted by Crippen LogP contribution is 2.25. The molecule has 2 nitrogen and oxygen atoms in total. The largest absolute Gasteiger partial charge is 0.338 e. The number of hydrogen-bond acceptors (Lipinski definition) is 2. The van der Waals surface area contributed by atoms with Gasteiger partial charge < -0.3 is 4.98 Å². The van der Waals surface area contributed by atoms with E-state index in [-0.39, 0.29) is 0 Å². The van der Waals surface area contributed by atoms with Crippen LogP contribution in [-0.4, -0.2) is 9.97 Å². The second-order valence-corrected chi connectivity index (χ2v) is 5.07. The highest BCUT2D eigenvalue weighted by molar-refractivity contribution is 7.10. The summed E-state index contributed by atoms with van der Waals surface area (Å²) in [5.74, 6) is 0.938. The lowest BCUT2D eigenvalue weighted by atomic mass is 10.2. The summed E-state index contributed by atoms with van der Waals surface area (Å²) in [4.78, 5) is 9.09. The molecule has 0 radical (unpaired) electrons. The van der Waals surface area contributed by atoms with Crippen LogP contribution in [0.25, 0.3) is 22.6 Å². The molecule has 0 atom stereocenters. The second kappa shape index (κ2) is 4.18. The highest BCUT2D eigenvalue weighted by atomic mass is 32.1. The minimum Gasteiger partial charge on any atom is -0.338 e. The molecular weight excluding hydrogens is 228 g/mol. The average molecular weight is 240 g/mol. The molecule has 0 fully saturated rings.